The predicted octanol–water partition coefficient (Wildman–Crippen LogP) is 4.05. The molecule has 0 heterocycles. The maximum atomic E-state index is 10.0. The third kappa shape index (κ3) is 11.2. The van der Waals surface area contributed by atoms with E-state index < -0.39 is 0 Å². The van der Waals surface area contributed by atoms with Crippen molar-refractivity contribution in [1.29, 1.82) is 0 Å². The lowest BCUT2D eigenvalue weighted by atomic mass is 10.1. The number of carbonyl (C=O) groups excluding carboxylic acids is 1. The van der Waals surface area contributed by atoms with Gasteiger partial charge in [-0.1, -0.05) is 37.5 Å². The predicted molar refractivity (Wildman–Crippen MR) is 62.3 cm³/mol. The highest BCUT2D eigenvalue weighted by Crippen LogP contribution is 2.06. The highest BCUT2D eigenvalue weighted by atomic mass is 16.1. The summed E-state index contributed by atoms with van der Waals surface area (Å²) in [5, 5.41) is 0. The fourth-order valence-corrected chi connectivity index (χ4v) is 1.33. The average molecular weight is 194 g/mol. The Morgan fingerprint density at radius 3 is 2.14 bits per heavy atom. The van der Waals surface area contributed by atoms with Gasteiger partial charge < -0.3 is 4.79 Å². The van der Waals surface area contributed by atoms with Crippen LogP contribution in [0.5, 0.6) is 0 Å². The van der Waals surface area contributed by atoms with Crippen molar-refractivity contribution in [3.63, 3.8) is 0 Å². The standard InChI is InChI=1S/C13H22O/c1-2-3-4-5-6-7-8-9-10-11-12-13-14/h2,4-5,13H,1,3,6-12H2/b5-4-. The normalized spacial score (nSPS) is 10.6. The van der Waals surface area contributed by atoms with Gasteiger partial charge in [-0.25, -0.2) is 0 Å². The summed E-state index contributed by atoms with van der Waals surface area (Å²) >= 11 is 0. The van der Waals surface area contributed by atoms with Crippen LogP contribution in [0.15, 0.2) is 24.8 Å². The molecular formula is C13H22O. The number of hydrogen-bond donors (Lipinski definition) is 0. The molecule has 1 nitrogen and oxygen atoms in total. The van der Waals surface area contributed by atoms with Crippen molar-refractivity contribution >= 4 is 6.29 Å². The van der Waals surface area contributed by atoms with E-state index in [-0.39, 0.29) is 0 Å². The summed E-state index contributed by atoms with van der Waals surface area (Å²) in [5.74, 6) is 0. The Labute approximate surface area is 87.9 Å². The molecule has 0 aromatic heterocycles. The van der Waals surface area contributed by atoms with Gasteiger partial charge in [0.05, 0.1) is 0 Å². The van der Waals surface area contributed by atoms with E-state index in [2.05, 4.69) is 18.7 Å². The van der Waals surface area contributed by atoms with Crippen molar-refractivity contribution in [2.45, 2.75) is 51.4 Å². The van der Waals surface area contributed by atoms with E-state index in [1.807, 2.05) is 6.08 Å². The van der Waals surface area contributed by atoms with Crippen LogP contribution >= 0.6 is 0 Å². The molecule has 0 fully saturated rings. The minimum Gasteiger partial charge on any atom is -0.303 e. The van der Waals surface area contributed by atoms with Crippen molar-refractivity contribution < 1.29 is 4.79 Å². The van der Waals surface area contributed by atoms with E-state index >= 15 is 0 Å². The maximum absolute atomic E-state index is 10.0. The van der Waals surface area contributed by atoms with Gasteiger partial charge in [-0.05, 0) is 25.7 Å². The SMILES string of the molecule is C=CC/C=C\CCCCCCCC=O. The number of aldehydes is 1. The minimum absolute atomic E-state index is 0.735. The summed E-state index contributed by atoms with van der Waals surface area (Å²) in [5.41, 5.74) is 0. The Kier molecular flexibility index (Phi) is 11.4. The van der Waals surface area contributed by atoms with E-state index in [4.69, 9.17) is 0 Å². The smallest absolute Gasteiger partial charge is 0.119 e. The van der Waals surface area contributed by atoms with E-state index in [0.717, 1.165) is 25.5 Å². The summed E-state index contributed by atoms with van der Waals surface area (Å²) in [6.07, 6.45) is 16.3. The number of allylic oxidation sites excluding steroid dienone is 3. The summed E-state index contributed by atoms with van der Waals surface area (Å²) < 4.78 is 0. The van der Waals surface area contributed by atoms with Crippen molar-refractivity contribution in [2.75, 3.05) is 0 Å². The average Bonchev–Trinajstić information content (AvgIpc) is 2.21. The quantitative estimate of drug-likeness (QED) is 0.291. The minimum atomic E-state index is 0.735. The zero-order valence-electron chi connectivity index (χ0n) is 9.08. The van der Waals surface area contributed by atoms with Crippen molar-refractivity contribution in [3.8, 4) is 0 Å². The van der Waals surface area contributed by atoms with Crippen LogP contribution in [-0.2, 0) is 4.79 Å². The highest BCUT2D eigenvalue weighted by Gasteiger charge is 1.88. The van der Waals surface area contributed by atoms with Gasteiger partial charge in [-0.15, -0.1) is 6.58 Å². The molecule has 14 heavy (non-hydrogen) atoms. The third-order valence-corrected chi connectivity index (χ3v) is 2.16. The highest BCUT2D eigenvalue weighted by molar-refractivity contribution is 5.48. The molecule has 0 aliphatic heterocycles. The first-order valence-electron chi connectivity index (χ1n) is 5.61. The van der Waals surface area contributed by atoms with Crippen LogP contribution in [0.3, 0.4) is 0 Å². The molecule has 0 bridgehead atoms. The summed E-state index contributed by atoms with van der Waals surface area (Å²) in [4.78, 5) is 10.0. The third-order valence-electron chi connectivity index (χ3n) is 2.16. The summed E-state index contributed by atoms with van der Waals surface area (Å²) in [6.45, 7) is 3.66. The van der Waals surface area contributed by atoms with Crippen LogP contribution in [0.4, 0.5) is 0 Å². The van der Waals surface area contributed by atoms with Crippen LogP contribution in [0.2, 0.25) is 0 Å². The molecule has 0 radical (unpaired) electrons. The lowest BCUT2D eigenvalue weighted by molar-refractivity contribution is -0.107. The van der Waals surface area contributed by atoms with Gasteiger partial charge in [0.15, 0.2) is 0 Å². The Morgan fingerprint density at radius 1 is 0.857 bits per heavy atom. The molecule has 0 aromatic carbocycles. The molecule has 0 saturated heterocycles. The van der Waals surface area contributed by atoms with Gasteiger partial charge in [-0.3, -0.25) is 0 Å². The summed E-state index contributed by atoms with van der Waals surface area (Å²) in [7, 11) is 0. The number of rotatable bonds is 10. The van der Waals surface area contributed by atoms with Gasteiger partial charge in [0.2, 0.25) is 0 Å². The Hall–Kier alpha value is -0.850. The molecule has 0 rings (SSSR count). The zero-order chi connectivity index (χ0) is 10.5. The van der Waals surface area contributed by atoms with E-state index in [9.17, 15) is 4.79 Å². The van der Waals surface area contributed by atoms with E-state index in [1.54, 1.807) is 0 Å². The second kappa shape index (κ2) is 12.2. The van der Waals surface area contributed by atoms with Gasteiger partial charge in [0.25, 0.3) is 0 Å². The lowest BCUT2D eigenvalue weighted by Gasteiger charge is -1.96. The van der Waals surface area contributed by atoms with E-state index in [1.165, 1.54) is 32.1 Å². The number of unbranched alkanes of at least 4 members (excludes halogenated alkanes) is 6. The number of carbonyl (C=O) groups is 1. The summed E-state index contributed by atoms with van der Waals surface area (Å²) in [6, 6.07) is 0. The van der Waals surface area contributed by atoms with Gasteiger partial charge in [-0.2, -0.15) is 0 Å². The maximum Gasteiger partial charge on any atom is 0.119 e. The van der Waals surface area contributed by atoms with Crippen molar-refractivity contribution in [1.82, 2.24) is 0 Å². The molecule has 80 valence electrons. The van der Waals surface area contributed by atoms with Crippen molar-refractivity contribution in [2.24, 2.45) is 0 Å². The van der Waals surface area contributed by atoms with Crippen LogP contribution in [0.25, 0.3) is 0 Å². The van der Waals surface area contributed by atoms with Crippen LogP contribution in [0.1, 0.15) is 51.4 Å². The van der Waals surface area contributed by atoms with Gasteiger partial charge in [0, 0.05) is 6.42 Å². The second-order valence-corrected chi connectivity index (χ2v) is 3.51. The van der Waals surface area contributed by atoms with Crippen LogP contribution in [0, 0.1) is 0 Å². The molecule has 0 N–H and O–H groups in total. The van der Waals surface area contributed by atoms with E-state index in [0.29, 0.717) is 0 Å². The lowest BCUT2D eigenvalue weighted by Crippen LogP contribution is -1.80. The zero-order valence-corrected chi connectivity index (χ0v) is 9.08. The molecule has 0 aliphatic rings. The van der Waals surface area contributed by atoms with Crippen LogP contribution in [-0.4, -0.2) is 6.29 Å². The second-order valence-electron chi connectivity index (χ2n) is 3.51. The van der Waals surface area contributed by atoms with Crippen molar-refractivity contribution in [3.05, 3.63) is 24.8 Å². The molecule has 0 atom stereocenters. The first-order chi connectivity index (χ1) is 6.91. The van der Waals surface area contributed by atoms with Crippen LogP contribution < -0.4 is 0 Å². The van der Waals surface area contributed by atoms with Gasteiger partial charge in [0.1, 0.15) is 6.29 Å². The first kappa shape index (κ1) is 13.2. The largest absolute Gasteiger partial charge is 0.303 e. The molecule has 0 spiro atoms. The Balaban J connectivity index is 2.98. The monoisotopic (exact) mass is 194 g/mol. The molecule has 1 heteroatoms. The molecule has 0 saturated carbocycles. The van der Waals surface area contributed by atoms with Gasteiger partial charge >= 0.3 is 0 Å². The fraction of sp³-hybridized carbons (Fsp3) is 0.615. The molecule has 0 aromatic rings. The molecular weight excluding hydrogens is 172 g/mol. The fourth-order valence-electron chi connectivity index (χ4n) is 1.33. The Morgan fingerprint density at radius 2 is 1.50 bits per heavy atom. The molecule has 0 amide bonds. The molecule has 0 aliphatic carbocycles. The topological polar surface area (TPSA) is 17.1 Å². The Bertz CT molecular complexity index is 159. The number of hydrogen-bond acceptors (Lipinski definition) is 1. The molecule has 0 unspecified atom stereocenters. The first-order valence-corrected chi connectivity index (χ1v) is 5.61.